The molecule has 0 aromatic carbocycles. The fourth-order valence-corrected chi connectivity index (χ4v) is 3.55. The Kier molecular flexibility index (Phi) is 5.35. The normalized spacial score (nSPS) is 16.0. The van der Waals surface area contributed by atoms with Crippen LogP contribution in [-0.2, 0) is 24.4 Å². The summed E-state index contributed by atoms with van der Waals surface area (Å²) in [5.41, 5.74) is 0.887. The number of likely N-dealkylation sites (tertiary alicyclic amines) is 1. The number of alkyl halides is 3. The maximum absolute atomic E-state index is 12.9. The molecule has 1 fully saturated rings. The summed E-state index contributed by atoms with van der Waals surface area (Å²) in [7, 11) is 1.06. The maximum atomic E-state index is 12.9. The van der Waals surface area contributed by atoms with Crippen LogP contribution in [0.1, 0.15) is 48.1 Å². The van der Waals surface area contributed by atoms with Gasteiger partial charge in [-0.1, -0.05) is 5.16 Å². The first-order chi connectivity index (χ1) is 13.1. The van der Waals surface area contributed by atoms with Crippen molar-refractivity contribution >= 4 is 5.91 Å². The van der Waals surface area contributed by atoms with E-state index in [9.17, 15) is 22.8 Å². The number of carbonyl (C=O) groups excluding carboxylic acids is 1. The summed E-state index contributed by atoms with van der Waals surface area (Å²) in [6, 6.07) is -0.457. The second kappa shape index (κ2) is 7.44. The third kappa shape index (κ3) is 3.83. The maximum Gasteiger partial charge on any atom is 0.451 e. The van der Waals surface area contributed by atoms with E-state index in [0.717, 1.165) is 23.0 Å². The quantitative estimate of drug-likeness (QED) is 0.782. The number of rotatable bonds is 4. The molecular weight excluding hydrogens is 379 g/mol. The fraction of sp³-hybridized carbons (Fsp3) is 0.647. The minimum Gasteiger partial charge on any atom is -0.361 e. The molecule has 1 amide bonds. The largest absolute Gasteiger partial charge is 0.451 e. The minimum atomic E-state index is -4.69. The predicted octanol–water partition coefficient (Wildman–Crippen LogP) is 2.00. The Hall–Kier alpha value is -2.59. The zero-order valence-corrected chi connectivity index (χ0v) is 15.9. The molecule has 154 valence electrons. The van der Waals surface area contributed by atoms with Crippen LogP contribution in [-0.4, -0.2) is 43.4 Å². The van der Waals surface area contributed by atoms with Crippen molar-refractivity contribution in [2.75, 3.05) is 13.1 Å². The second-order valence-corrected chi connectivity index (χ2v) is 7.02. The number of halogens is 3. The fourth-order valence-electron chi connectivity index (χ4n) is 3.55. The Balaban J connectivity index is 1.60. The third-order valence-electron chi connectivity index (χ3n) is 5.19. The zero-order valence-electron chi connectivity index (χ0n) is 15.9. The molecule has 0 spiro atoms. The molecule has 28 heavy (non-hydrogen) atoms. The minimum absolute atomic E-state index is 0.0391. The van der Waals surface area contributed by atoms with E-state index in [1.54, 1.807) is 11.8 Å². The second-order valence-electron chi connectivity index (χ2n) is 7.02. The number of carbonyl (C=O) groups is 1. The van der Waals surface area contributed by atoms with Gasteiger partial charge in [-0.15, -0.1) is 5.10 Å². The highest BCUT2D eigenvalue weighted by Gasteiger charge is 2.39. The summed E-state index contributed by atoms with van der Waals surface area (Å²) >= 11 is 0. The SMILES string of the molecule is Cc1noc(C)c1CCC(=O)N1CCC(n2nc(C(F)(F)F)n(C)c2=O)CC1. The number of hydrogen-bond donors (Lipinski definition) is 0. The van der Waals surface area contributed by atoms with Crippen LogP contribution in [0.4, 0.5) is 13.2 Å². The summed E-state index contributed by atoms with van der Waals surface area (Å²) in [5.74, 6) is -0.558. The summed E-state index contributed by atoms with van der Waals surface area (Å²) in [5, 5.41) is 7.35. The van der Waals surface area contributed by atoms with E-state index >= 15 is 0 Å². The topological polar surface area (TPSA) is 86.2 Å². The van der Waals surface area contributed by atoms with E-state index < -0.39 is 23.7 Å². The van der Waals surface area contributed by atoms with Crippen LogP contribution in [0.15, 0.2) is 9.32 Å². The van der Waals surface area contributed by atoms with Gasteiger partial charge < -0.3 is 9.42 Å². The van der Waals surface area contributed by atoms with Gasteiger partial charge in [0.1, 0.15) is 5.76 Å². The van der Waals surface area contributed by atoms with Gasteiger partial charge in [0.25, 0.3) is 0 Å². The molecule has 2 aromatic rings. The molecule has 0 N–H and O–H groups in total. The van der Waals surface area contributed by atoms with Crippen LogP contribution in [0, 0.1) is 13.8 Å². The van der Waals surface area contributed by atoms with Crippen molar-refractivity contribution in [3.63, 3.8) is 0 Å². The first-order valence-electron chi connectivity index (χ1n) is 9.02. The lowest BCUT2D eigenvalue weighted by atomic mass is 10.0. The molecule has 0 atom stereocenters. The van der Waals surface area contributed by atoms with Gasteiger partial charge in [0.2, 0.25) is 11.7 Å². The van der Waals surface area contributed by atoms with Gasteiger partial charge in [-0.3, -0.25) is 9.36 Å². The van der Waals surface area contributed by atoms with Crippen molar-refractivity contribution < 1.29 is 22.5 Å². The van der Waals surface area contributed by atoms with Gasteiger partial charge in [-0.25, -0.2) is 9.48 Å². The number of aromatic nitrogens is 4. The number of aryl methyl sites for hydroxylation is 2. The monoisotopic (exact) mass is 401 g/mol. The molecular formula is C17H22F3N5O3. The van der Waals surface area contributed by atoms with Crippen molar-refractivity contribution in [3.05, 3.63) is 33.3 Å². The van der Waals surface area contributed by atoms with E-state index in [4.69, 9.17) is 4.52 Å². The molecule has 0 bridgehead atoms. The Bertz CT molecular complexity index is 900. The predicted molar refractivity (Wildman–Crippen MR) is 91.6 cm³/mol. The first-order valence-corrected chi connectivity index (χ1v) is 9.02. The third-order valence-corrected chi connectivity index (χ3v) is 5.19. The highest BCUT2D eigenvalue weighted by Crippen LogP contribution is 2.28. The molecule has 3 heterocycles. The first kappa shape index (κ1) is 20.2. The van der Waals surface area contributed by atoms with Gasteiger partial charge in [-0.05, 0) is 33.1 Å². The van der Waals surface area contributed by atoms with Crippen LogP contribution in [0.2, 0.25) is 0 Å². The van der Waals surface area contributed by atoms with Gasteiger partial charge >= 0.3 is 11.9 Å². The van der Waals surface area contributed by atoms with Crippen molar-refractivity contribution in [1.82, 2.24) is 24.4 Å². The summed E-state index contributed by atoms with van der Waals surface area (Å²) in [4.78, 5) is 26.2. The summed E-state index contributed by atoms with van der Waals surface area (Å²) in [6.07, 6.45) is -3.10. The molecule has 8 nitrogen and oxygen atoms in total. The molecule has 11 heteroatoms. The number of piperidine rings is 1. The van der Waals surface area contributed by atoms with Gasteiger partial charge in [0.05, 0.1) is 11.7 Å². The van der Waals surface area contributed by atoms with Crippen LogP contribution in [0.5, 0.6) is 0 Å². The van der Waals surface area contributed by atoms with Gasteiger partial charge in [0.15, 0.2) is 0 Å². The highest BCUT2D eigenvalue weighted by atomic mass is 19.4. The molecule has 0 aliphatic carbocycles. The average molecular weight is 401 g/mol. The Morgan fingerprint density at radius 1 is 1.25 bits per heavy atom. The standard InChI is InChI=1S/C17H22F3N5O3/c1-10-13(11(2)28-22-10)4-5-14(26)24-8-6-12(7-9-24)25-16(27)23(3)15(21-25)17(18,19)20/h12H,4-9H2,1-3H3. The molecule has 0 radical (unpaired) electrons. The van der Waals surface area contributed by atoms with Gasteiger partial charge in [0, 0.05) is 32.1 Å². The number of nitrogens with zero attached hydrogens (tertiary/aromatic N) is 5. The lowest BCUT2D eigenvalue weighted by Crippen LogP contribution is -2.41. The molecule has 3 rings (SSSR count). The Labute approximate surface area is 158 Å². The molecule has 1 aliphatic rings. The summed E-state index contributed by atoms with van der Waals surface area (Å²) < 4.78 is 45.3. The molecule has 1 saturated heterocycles. The lowest BCUT2D eigenvalue weighted by Gasteiger charge is -2.31. The molecule has 0 unspecified atom stereocenters. The van der Waals surface area contributed by atoms with E-state index in [2.05, 4.69) is 10.3 Å². The smallest absolute Gasteiger partial charge is 0.361 e. The van der Waals surface area contributed by atoms with E-state index in [0.29, 0.717) is 49.1 Å². The van der Waals surface area contributed by atoms with Crippen LogP contribution < -0.4 is 5.69 Å². The van der Waals surface area contributed by atoms with Crippen molar-refractivity contribution in [3.8, 4) is 0 Å². The van der Waals surface area contributed by atoms with Crippen LogP contribution in [0.25, 0.3) is 0 Å². The highest BCUT2D eigenvalue weighted by molar-refractivity contribution is 5.76. The average Bonchev–Trinajstić information content (AvgIpc) is 3.12. The van der Waals surface area contributed by atoms with Crippen LogP contribution >= 0.6 is 0 Å². The lowest BCUT2D eigenvalue weighted by molar-refractivity contribution is -0.147. The van der Waals surface area contributed by atoms with Crippen molar-refractivity contribution in [2.24, 2.45) is 7.05 Å². The van der Waals surface area contributed by atoms with Crippen molar-refractivity contribution in [1.29, 1.82) is 0 Å². The van der Waals surface area contributed by atoms with E-state index in [1.165, 1.54) is 0 Å². The Morgan fingerprint density at radius 3 is 2.39 bits per heavy atom. The molecule has 0 saturated carbocycles. The zero-order chi connectivity index (χ0) is 20.6. The Morgan fingerprint density at radius 2 is 1.89 bits per heavy atom. The number of hydrogen-bond acceptors (Lipinski definition) is 5. The van der Waals surface area contributed by atoms with Crippen molar-refractivity contribution in [2.45, 2.75) is 51.7 Å². The van der Waals surface area contributed by atoms with E-state index in [-0.39, 0.29) is 5.91 Å². The summed E-state index contributed by atoms with van der Waals surface area (Å²) in [6.45, 7) is 4.36. The molecule has 2 aromatic heterocycles. The van der Waals surface area contributed by atoms with Gasteiger partial charge in [-0.2, -0.15) is 13.2 Å². The van der Waals surface area contributed by atoms with E-state index in [1.807, 2.05) is 6.92 Å². The molecule has 1 aliphatic heterocycles. The number of amides is 1. The van der Waals surface area contributed by atoms with Crippen LogP contribution in [0.3, 0.4) is 0 Å².